The second kappa shape index (κ2) is 13.7. The Bertz CT molecular complexity index is 636. The molecule has 2 aliphatic rings. The first kappa shape index (κ1) is 24.0. The Balaban J connectivity index is 1.39. The van der Waals surface area contributed by atoms with E-state index in [-0.39, 0.29) is 0 Å². The number of ether oxygens (including phenoxy) is 1. The van der Waals surface area contributed by atoms with Gasteiger partial charge in [0.25, 0.3) is 0 Å². The van der Waals surface area contributed by atoms with Gasteiger partial charge < -0.3 is 20.3 Å². The smallest absolute Gasteiger partial charge is 0.191 e. The number of aliphatic imine (C=N–C) groups is 1. The maximum absolute atomic E-state index is 5.41. The van der Waals surface area contributed by atoms with E-state index >= 15 is 0 Å². The summed E-state index contributed by atoms with van der Waals surface area (Å²) < 4.78 is 5.41. The molecule has 0 bridgehead atoms. The van der Waals surface area contributed by atoms with E-state index in [1.165, 1.54) is 43.9 Å². The standard InChI is InChI=1S/C24H42N6O/c1-3-25-24(26-10-5-11-29-16-18-31-19-17-29)27-20-22-6-8-23(9-7-22)21-30-14-12-28(4-2)13-15-30/h6-9H,3-5,10-21H2,1-2H3,(H2,25,26,27). The topological polar surface area (TPSA) is 55.4 Å². The van der Waals surface area contributed by atoms with E-state index in [1.807, 2.05) is 0 Å². The summed E-state index contributed by atoms with van der Waals surface area (Å²) >= 11 is 0. The van der Waals surface area contributed by atoms with Gasteiger partial charge in [-0.2, -0.15) is 0 Å². The molecular weight excluding hydrogens is 388 g/mol. The van der Waals surface area contributed by atoms with Crippen LogP contribution < -0.4 is 10.6 Å². The fourth-order valence-electron chi connectivity index (χ4n) is 4.12. The molecular formula is C24H42N6O. The van der Waals surface area contributed by atoms with Crippen LogP contribution in [0, 0.1) is 0 Å². The summed E-state index contributed by atoms with van der Waals surface area (Å²) in [4.78, 5) is 12.3. The first-order chi connectivity index (χ1) is 15.3. The van der Waals surface area contributed by atoms with Crippen molar-refractivity contribution in [2.45, 2.75) is 33.4 Å². The summed E-state index contributed by atoms with van der Waals surface area (Å²) in [5.74, 6) is 0.905. The number of piperazine rings is 1. The first-order valence-corrected chi connectivity index (χ1v) is 12.1. The maximum Gasteiger partial charge on any atom is 0.191 e. The molecule has 2 N–H and O–H groups in total. The van der Waals surface area contributed by atoms with Crippen LogP contribution in [0.4, 0.5) is 0 Å². The normalized spacial score (nSPS) is 19.5. The lowest BCUT2D eigenvalue weighted by Crippen LogP contribution is -2.45. The van der Waals surface area contributed by atoms with Gasteiger partial charge in [0.1, 0.15) is 0 Å². The molecule has 0 unspecified atom stereocenters. The summed E-state index contributed by atoms with van der Waals surface area (Å²) in [5, 5.41) is 6.83. The molecule has 1 aromatic carbocycles. The monoisotopic (exact) mass is 430 g/mol. The summed E-state index contributed by atoms with van der Waals surface area (Å²) in [6.45, 7) is 18.8. The highest BCUT2D eigenvalue weighted by Crippen LogP contribution is 2.11. The summed E-state index contributed by atoms with van der Waals surface area (Å²) in [6, 6.07) is 8.98. The van der Waals surface area contributed by atoms with Gasteiger partial charge in [0.2, 0.25) is 0 Å². The third-order valence-electron chi connectivity index (χ3n) is 6.15. The molecule has 3 rings (SSSR count). The van der Waals surface area contributed by atoms with Crippen LogP contribution >= 0.6 is 0 Å². The number of morpholine rings is 1. The minimum atomic E-state index is 0.703. The molecule has 0 saturated carbocycles. The van der Waals surface area contributed by atoms with Gasteiger partial charge in [-0.1, -0.05) is 31.2 Å². The largest absolute Gasteiger partial charge is 0.379 e. The number of hydrogen-bond donors (Lipinski definition) is 2. The van der Waals surface area contributed by atoms with Crippen molar-refractivity contribution in [2.75, 3.05) is 78.7 Å². The van der Waals surface area contributed by atoms with E-state index in [2.05, 4.69) is 63.4 Å². The predicted molar refractivity (Wildman–Crippen MR) is 129 cm³/mol. The molecule has 1 aromatic rings. The number of nitrogens with zero attached hydrogens (tertiary/aromatic N) is 4. The third-order valence-corrected chi connectivity index (χ3v) is 6.15. The maximum atomic E-state index is 5.41. The van der Waals surface area contributed by atoms with E-state index in [9.17, 15) is 0 Å². The van der Waals surface area contributed by atoms with Crippen molar-refractivity contribution in [1.82, 2.24) is 25.3 Å². The Morgan fingerprint density at radius 2 is 1.55 bits per heavy atom. The van der Waals surface area contributed by atoms with Crippen LogP contribution in [0.25, 0.3) is 0 Å². The molecule has 174 valence electrons. The van der Waals surface area contributed by atoms with Gasteiger partial charge >= 0.3 is 0 Å². The second-order valence-electron chi connectivity index (χ2n) is 8.46. The minimum absolute atomic E-state index is 0.703. The van der Waals surface area contributed by atoms with Crippen LogP contribution in [0.3, 0.4) is 0 Å². The summed E-state index contributed by atoms with van der Waals surface area (Å²) in [7, 11) is 0. The predicted octanol–water partition coefficient (Wildman–Crippen LogP) is 1.60. The zero-order chi connectivity index (χ0) is 21.7. The average molecular weight is 431 g/mol. The molecule has 31 heavy (non-hydrogen) atoms. The fourth-order valence-corrected chi connectivity index (χ4v) is 4.12. The highest BCUT2D eigenvalue weighted by Gasteiger charge is 2.15. The first-order valence-electron chi connectivity index (χ1n) is 12.1. The van der Waals surface area contributed by atoms with Gasteiger partial charge in [-0.05, 0) is 37.6 Å². The Kier molecular flexibility index (Phi) is 10.6. The van der Waals surface area contributed by atoms with Gasteiger partial charge in [0, 0.05) is 58.9 Å². The number of hydrogen-bond acceptors (Lipinski definition) is 5. The third kappa shape index (κ3) is 8.77. The van der Waals surface area contributed by atoms with Crippen LogP contribution in [-0.4, -0.2) is 99.3 Å². The van der Waals surface area contributed by atoms with Crippen molar-refractivity contribution in [3.8, 4) is 0 Å². The molecule has 0 amide bonds. The number of nitrogens with one attached hydrogen (secondary N) is 2. The molecule has 0 aromatic heterocycles. The Hall–Kier alpha value is -1.67. The summed E-state index contributed by atoms with van der Waals surface area (Å²) in [5.41, 5.74) is 2.65. The highest BCUT2D eigenvalue weighted by atomic mass is 16.5. The van der Waals surface area contributed by atoms with Crippen LogP contribution in [-0.2, 0) is 17.8 Å². The van der Waals surface area contributed by atoms with E-state index < -0.39 is 0 Å². The molecule has 0 spiro atoms. The molecule has 0 radical (unpaired) electrons. The minimum Gasteiger partial charge on any atom is -0.379 e. The van der Waals surface area contributed by atoms with Gasteiger partial charge in [-0.25, -0.2) is 4.99 Å². The quantitative estimate of drug-likeness (QED) is 0.334. The summed E-state index contributed by atoms with van der Waals surface area (Å²) in [6.07, 6.45) is 1.12. The van der Waals surface area contributed by atoms with Crippen molar-refractivity contribution in [1.29, 1.82) is 0 Å². The zero-order valence-corrected chi connectivity index (χ0v) is 19.6. The zero-order valence-electron chi connectivity index (χ0n) is 19.6. The van der Waals surface area contributed by atoms with Crippen molar-refractivity contribution in [2.24, 2.45) is 4.99 Å². The Morgan fingerprint density at radius 1 is 0.871 bits per heavy atom. The highest BCUT2D eigenvalue weighted by molar-refractivity contribution is 5.79. The van der Waals surface area contributed by atoms with E-state index in [1.54, 1.807) is 0 Å². The van der Waals surface area contributed by atoms with Crippen LogP contribution in [0.1, 0.15) is 31.4 Å². The lowest BCUT2D eigenvalue weighted by Gasteiger charge is -2.34. The van der Waals surface area contributed by atoms with E-state index in [0.717, 1.165) is 64.9 Å². The molecule has 0 atom stereocenters. The van der Waals surface area contributed by atoms with Gasteiger partial charge in [-0.3, -0.25) is 9.80 Å². The number of guanidine groups is 1. The Labute approximate surface area is 188 Å². The number of likely N-dealkylation sites (N-methyl/N-ethyl adjacent to an activating group) is 1. The molecule has 0 aliphatic carbocycles. The SMILES string of the molecule is CCNC(=NCc1ccc(CN2CCN(CC)CC2)cc1)NCCCN1CCOCC1. The molecule has 2 saturated heterocycles. The van der Waals surface area contributed by atoms with Gasteiger partial charge in [0.05, 0.1) is 19.8 Å². The fraction of sp³-hybridized carbons (Fsp3) is 0.708. The van der Waals surface area contributed by atoms with Crippen molar-refractivity contribution in [3.05, 3.63) is 35.4 Å². The number of rotatable bonds is 10. The lowest BCUT2D eigenvalue weighted by atomic mass is 10.1. The van der Waals surface area contributed by atoms with Crippen LogP contribution in [0.15, 0.2) is 29.3 Å². The molecule has 2 fully saturated rings. The molecule has 2 heterocycles. The molecule has 2 aliphatic heterocycles. The Morgan fingerprint density at radius 3 is 2.23 bits per heavy atom. The lowest BCUT2D eigenvalue weighted by molar-refractivity contribution is 0.0376. The van der Waals surface area contributed by atoms with Gasteiger partial charge in [-0.15, -0.1) is 0 Å². The van der Waals surface area contributed by atoms with E-state index in [0.29, 0.717) is 6.54 Å². The average Bonchev–Trinajstić information content (AvgIpc) is 2.82. The van der Waals surface area contributed by atoms with Crippen molar-refractivity contribution < 1.29 is 4.74 Å². The second-order valence-corrected chi connectivity index (χ2v) is 8.46. The van der Waals surface area contributed by atoms with Crippen molar-refractivity contribution >= 4 is 5.96 Å². The van der Waals surface area contributed by atoms with Crippen LogP contribution in [0.2, 0.25) is 0 Å². The molecule has 7 heteroatoms. The van der Waals surface area contributed by atoms with Crippen molar-refractivity contribution in [3.63, 3.8) is 0 Å². The number of benzene rings is 1. The van der Waals surface area contributed by atoms with Gasteiger partial charge in [0.15, 0.2) is 5.96 Å². The van der Waals surface area contributed by atoms with Crippen LogP contribution in [0.5, 0.6) is 0 Å². The molecule has 7 nitrogen and oxygen atoms in total. The van der Waals surface area contributed by atoms with E-state index in [4.69, 9.17) is 9.73 Å².